The van der Waals surface area contributed by atoms with E-state index in [9.17, 15) is 14.8 Å². The van der Waals surface area contributed by atoms with E-state index in [1.807, 2.05) is 5.38 Å². The van der Waals surface area contributed by atoms with Gasteiger partial charge in [-0.1, -0.05) is 30.0 Å². The lowest BCUT2D eigenvalue weighted by molar-refractivity contribution is 0.0536. The van der Waals surface area contributed by atoms with Gasteiger partial charge in [-0.15, -0.1) is 11.3 Å². The number of aliphatic hydroxyl groups excluding tert-OH is 2. The van der Waals surface area contributed by atoms with Crippen LogP contribution >= 0.6 is 23.1 Å². The van der Waals surface area contributed by atoms with E-state index in [2.05, 4.69) is 26.2 Å². The van der Waals surface area contributed by atoms with Crippen molar-refractivity contribution < 1.29 is 19.3 Å². The fourth-order valence-corrected chi connectivity index (χ4v) is 5.12. The molecule has 0 aliphatic rings. The summed E-state index contributed by atoms with van der Waals surface area (Å²) < 4.78 is 18.9. The van der Waals surface area contributed by atoms with Gasteiger partial charge in [0.15, 0.2) is 5.13 Å². The fourth-order valence-electron chi connectivity index (χ4n) is 3.40. The first-order valence-electron chi connectivity index (χ1n) is 11.1. The number of nitrogens with one attached hydrogen (secondary N) is 1. The molecule has 4 aromatic rings. The van der Waals surface area contributed by atoms with Crippen LogP contribution in [0.3, 0.4) is 0 Å². The van der Waals surface area contributed by atoms with Crippen LogP contribution in [0.15, 0.2) is 58.9 Å². The van der Waals surface area contributed by atoms with E-state index in [0.29, 0.717) is 38.5 Å². The van der Waals surface area contributed by atoms with Crippen molar-refractivity contribution in [2.24, 2.45) is 0 Å². The summed E-state index contributed by atoms with van der Waals surface area (Å²) in [5.74, 6) is 0.497. The number of nitrogens with two attached hydrogens (primary N) is 1. The van der Waals surface area contributed by atoms with E-state index in [-0.39, 0.29) is 29.5 Å². The summed E-state index contributed by atoms with van der Waals surface area (Å²) >= 11 is 2.63. The monoisotopic (exact) mass is 548 g/mol. The highest BCUT2D eigenvalue weighted by atomic mass is 32.2. The third kappa shape index (κ3) is 6.37. The Morgan fingerprint density at radius 1 is 1.26 bits per heavy atom. The predicted molar refractivity (Wildman–Crippen MR) is 145 cm³/mol. The number of pyridine rings is 1. The molecule has 4 rings (SSSR count). The second kappa shape index (κ2) is 12.4. The number of nitrogens with zero attached hydrogens (tertiary/aromatic N) is 4. The highest BCUT2D eigenvalue weighted by Gasteiger charge is 2.21. The number of halogens is 1. The Balaban J connectivity index is 1.56. The maximum atomic E-state index is 13.4. The summed E-state index contributed by atoms with van der Waals surface area (Å²) in [5, 5.41) is 34.3. The number of hydrogen-bond acceptors (Lipinski definition) is 10. The van der Waals surface area contributed by atoms with Crippen LogP contribution in [0.1, 0.15) is 11.3 Å². The Morgan fingerprint density at radius 2 is 2.05 bits per heavy atom. The molecule has 0 fully saturated rings. The molecule has 1 atom stereocenters. The second-order valence-electron chi connectivity index (χ2n) is 7.86. The van der Waals surface area contributed by atoms with Crippen molar-refractivity contribution in [3.63, 3.8) is 0 Å². The van der Waals surface area contributed by atoms with Crippen LogP contribution in [0.2, 0.25) is 0 Å². The van der Waals surface area contributed by atoms with Gasteiger partial charge in [0.1, 0.15) is 41.2 Å². The molecule has 0 amide bonds. The number of thioether (sulfide) groups is 1. The minimum absolute atomic E-state index is 0.00892. The smallest absolute Gasteiger partial charge is 0.236 e. The zero-order valence-electron chi connectivity index (χ0n) is 19.8. The van der Waals surface area contributed by atoms with Crippen molar-refractivity contribution in [2.45, 2.75) is 16.9 Å². The number of hydrogen-bond donors (Lipinski definition) is 4. The van der Waals surface area contributed by atoms with Crippen LogP contribution < -0.4 is 15.8 Å². The number of thiazole rings is 1. The molecule has 0 saturated heterocycles. The SMILES string of the molecule is [C-]#[N+]c1c(N)nc(SCc2csc(Nc3cccc(F)c3)n2)c(C#N)c1-c1ccc(OCC(O)CO)cc1. The summed E-state index contributed by atoms with van der Waals surface area (Å²) in [6, 6.07) is 14.9. The predicted octanol–water partition coefficient (Wildman–Crippen LogP) is 5.12. The standard InChI is InChI=1S/C26H21FN6O3S2/c1-30-23-22(15-5-7-20(8-6-15)36-12-19(35)11-34)21(10-28)25(33-24(23)29)37-13-18-14-38-26(32-18)31-17-4-2-3-16(27)9-17/h2-9,14,19,34-35H,11-13H2,(H2,29,33)(H,31,32). The van der Waals surface area contributed by atoms with Crippen LogP contribution in [-0.4, -0.2) is 39.5 Å². The van der Waals surface area contributed by atoms with Crippen molar-refractivity contribution in [1.29, 1.82) is 5.26 Å². The van der Waals surface area contributed by atoms with Gasteiger partial charge in [-0.3, -0.25) is 0 Å². The van der Waals surface area contributed by atoms with Gasteiger partial charge in [0.2, 0.25) is 5.69 Å². The third-order valence-corrected chi connectivity index (χ3v) is 6.98. The molecule has 192 valence electrons. The van der Waals surface area contributed by atoms with Gasteiger partial charge in [-0.25, -0.2) is 19.2 Å². The van der Waals surface area contributed by atoms with Crippen LogP contribution in [0.4, 0.5) is 26.7 Å². The van der Waals surface area contributed by atoms with Crippen molar-refractivity contribution in [3.05, 3.63) is 82.4 Å². The maximum absolute atomic E-state index is 13.4. The lowest BCUT2D eigenvalue weighted by Gasteiger charge is -2.14. The fraction of sp³-hybridized carbons (Fsp3) is 0.154. The number of aliphatic hydroxyl groups is 2. The average Bonchev–Trinajstić information content (AvgIpc) is 3.37. The number of nitrogen functional groups attached to an aromatic ring is 1. The first kappa shape index (κ1) is 26.9. The average molecular weight is 549 g/mol. The van der Waals surface area contributed by atoms with E-state index in [4.69, 9.17) is 22.1 Å². The van der Waals surface area contributed by atoms with Crippen molar-refractivity contribution in [2.75, 3.05) is 24.3 Å². The molecular formula is C26H21FN6O3S2. The number of anilines is 3. The van der Waals surface area contributed by atoms with Gasteiger partial charge in [0.05, 0.1) is 24.4 Å². The van der Waals surface area contributed by atoms with Gasteiger partial charge in [0, 0.05) is 22.4 Å². The molecular weight excluding hydrogens is 527 g/mol. The summed E-state index contributed by atoms with van der Waals surface area (Å²) in [6.45, 7) is 7.12. The van der Waals surface area contributed by atoms with E-state index in [1.54, 1.807) is 36.4 Å². The molecule has 0 bridgehead atoms. The number of benzene rings is 2. The molecule has 5 N–H and O–H groups in total. The van der Waals surface area contributed by atoms with Crippen LogP contribution in [-0.2, 0) is 5.75 Å². The Bertz CT molecular complexity index is 1520. The molecule has 0 saturated carbocycles. The number of rotatable bonds is 10. The molecule has 0 aliphatic carbocycles. The zero-order valence-corrected chi connectivity index (χ0v) is 21.4. The highest BCUT2D eigenvalue weighted by Crippen LogP contribution is 2.42. The Labute approximate surface area is 226 Å². The summed E-state index contributed by atoms with van der Waals surface area (Å²) in [4.78, 5) is 12.4. The highest BCUT2D eigenvalue weighted by molar-refractivity contribution is 7.98. The molecule has 9 nitrogen and oxygen atoms in total. The van der Waals surface area contributed by atoms with Crippen LogP contribution in [0.25, 0.3) is 16.0 Å². The van der Waals surface area contributed by atoms with E-state index in [1.165, 1.54) is 35.2 Å². The molecule has 1 unspecified atom stereocenters. The molecule has 0 spiro atoms. The van der Waals surface area contributed by atoms with Gasteiger partial charge in [-0.2, -0.15) is 5.26 Å². The molecule has 0 radical (unpaired) electrons. The molecule has 0 aliphatic heterocycles. The van der Waals surface area contributed by atoms with Crippen molar-refractivity contribution >= 4 is 45.4 Å². The number of nitriles is 1. The third-order valence-electron chi connectivity index (χ3n) is 5.17. The summed E-state index contributed by atoms with van der Waals surface area (Å²) in [6.07, 6.45) is -1.00. The Kier molecular flexibility index (Phi) is 8.73. The first-order chi connectivity index (χ1) is 18.4. The maximum Gasteiger partial charge on any atom is 0.236 e. The lowest BCUT2D eigenvalue weighted by Crippen LogP contribution is -2.21. The number of aromatic nitrogens is 2. The Morgan fingerprint density at radius 3 is 2.74 bits per heavy atom. The minimum atomic E-state index is -1.00. The molecule has 38 heavy (non-hydrogen) atoms. The Hall–Kier alpha value is -4.20. The second-order valence-corrected chi connectivity index (χ2v) is 9.69. The van der Waals surface area contributed by atoms with Crippen molar-refractivity contribution in [3.8, 4) is 22.9 Å². The normalized spacial score (nSPS) is 11.4. The van der Waals surface area contributed by atoms with Crippen LogP contribution in [0.5, 0.6) is 5.75 Å². The van der Waals surface area contributed by atoms with Gasteiger partial charge >= 0.3 is 0 Å². The van der Waals surface area contributed by atoms with E-state index < -0.39 is 12.7 Å². The van der Waals surface area contributed by atoms with Crippen LogP contribution in [0, 0.1) is 23.7 Å². The van der Waals surface area contributed by atoms with E-state index >= 15 is 0 Å². The first-order valence-corrected chi connectivity index (χ1v) is 13.0. The molecule has 2 aromatic heterocycles. The molecule has 2 aromatic carbocycles. The largest absolute Gasteiger partial charge is 0.491 e. The summed E-state index contributed by atoms with van der Waals surface area (Å²) in [5.41, 5.74) is 8.66. The van der Waals surface area contributed by atoms with Gasteiger partial charge in [-0.05, 0) is 35.9 Å². The van der Waals surface area contributed by atoms with Crippen molar-refractivity contribution in [1.82, 2.24) is 9.97 Å². The summed E-state index contributed by atoms with van der Waals surface area (Å²) in [7, 11) is 0. The number of ether oxygens (including phenoxy) is 1. The van der Waals surface area contributed by atoms with Gasteiger partial charge < -0.3 is 26.0 Å². The zero-order chi connectivity index (χ0) is 27.1. The topological polar surface area (TPSA) is 142 Å². The minimum Gasteiger partial charge on any atom is -0.491 e. The quantitative estimate of drug-likeness (QED) is 0.157. The lowest BCUT2D eigenvalue weighted by atomic mass is 10.00. The van der Waals surface area contributed by atoms with E-state index in [0.717, 1.165) is 5.69 Å². The van der Waals surface area contributed by atoms with Gasteiger partial charge in [0.25, 0.3) is 0 Å². The molecule has 12 heteroatoms. The molecule has 2 heterocycles.